The van der Waals surface area contributed by atoms with Crippen molar-refractivity contribution < 1.29 is 24.4 Å². The minimum atomic E-state index is -1.03. The number of phenolic OH excluding ortho intramolecular Hbond substituents is 1. The molecule has 1 aromatic carbocycles. The monoisotopic (exact) mass is 292 g/mol. The van der Waals surface area contributed by atoms with Crippen LogP contribution in [0.1, 0.15) is 36.8 Å². The maximum atomic E-state index is 10.4. The van der Waals surface area contributed by atoms with Crippen LogP contribution in [0.25, 0.3) is 0 Å². The summed E-state index contributed by atoms with van der Waals surface area (Å²) in [5.41, 5.74) is 2.25. The van der Waals surface area contributed by atoms with E-state index in [9.17, 15) is 10.2 Å². The third-order valence-corrected chi connectivity index (χ3v) is 5.51. The van der Waals surface area contributed by atoms with Crippen molar-refractivity contribution in [2.75, 3.05) is 14.2 Å². The Balaban J connectivity index is 1.99. The Kier molecular flexibility index (Phi) is 2.55. The number of aryl methyl sites for hydroxylation is 1. The van der Waals surface area contributed by atoms with Gasteiger partial charge in [0.1, 0.15) is 6.10 Å². The van der Waals surface area contributed by atoms with Crippen LogP contribution < -0.4 is 9.47 Å². The van der Waals surface area contributed by atoms with Crippen molar-refractivity contribution in [1.82, 2.24) is 0 Å². The van der Waals surface area contributed by atoms with Gasteiger partial charge in [-0.2, -0.15) is 0 Å². The molecule has 0 radical (unpaired) electrons. The summed E-state index contributed by atoms with van der Waals surface area (Å²) in [4.78, 5) is 0. The molecule has 3 aliphatic rings. The van der Waals surface area contributed by atoms with Gasteiger partial charge >= 0.3 is 0 Å². The first-order valence-electron chi connectivity index (χ1n) is 7.41. The molecule has 1 spiro atoms. The Hall–Kier alpha value is -1.46. The topological polar surface area (TPSA) is 68.2 Å². The van der Waals surface area contributed by atoms with Gasteiger partial charge in [-0.15, -0.1) is 0 Å². The van der Waals surface area contributed by atoms with E-state index in [1.54, 1.807) is 13.2 Å². The van der Waals surface area contributed by atoms with Crippen LogP contribution in [0.2, 0.25) is 0 Å². The van der Waals surface area contributed by atoms with Crippen LogP contribution in [-0.4, -0.2) is 36.3 Å². The highest BCUT2D eigenvalue weighted by Crippen LogP contribution is 2.62. The molecule has 4 rings (SSSR count). The fourth-order valence-electron chi connectivity index (χ4n) is 4.51. The second kappa shape index (κ2) is 4.05. The molecule has 114 valence electrons. The molecule has 21 heavy (non-hydrogen) atoms. The molecule has 2 bridgehead atoms. The second-order valence-electron chi connectivity index (χ2n) is 6.42. The highest BCUT2D eigenvalue weighted by molar-refractivity contribution is 5.64. The molecule has 1 aromatic rings. The van der Waals surface area contributed by atoms with Crippen LogP contribution in [-0.2, 0) is 16.6 Å². The average Bonchev–Trinajstić information content (AvgIpc) is 2.82. The van der Waals surface area contributed by atoms with Crippen molar-refractivity contribution in [3.05, 3.63) is 17.2 Å². The van der Waals surface area contributed by atoms with Gasteiger partial charge in [0, 0.05) is 24.5 Å². The molecular weight excluding hydrogens is 272 g/mol. The number of hydrogen-bond donors (Lipinski definition) is 2. The van der Waals surface area contributed by atoms with E-state index < -0.39 is 11.9 Å². The molecule has 0 amide bonds. The number of fused-ring (bicyclic) bond motifs is 1. The largest absolute Gasteiger partial charge is 0.504 e. The minimum Gasteiger partial charge on any atom is -0.504 e. The van der Waals surface area contributed by atoms with Crippen LogP contribution in [0.3, 0.4) is 0 Å². The third kappa shape index (κ3) is 1.48. The van der Waals surface area contributed by atoms with Crippen molar-refractivity contribution in [3.63, 3.8) is 0 Å². The average molecular weight is 292 g/mol. The fourth-order valence-corrected chi connectivity index (χ4v) is 4.51. The molecule has 5 nitrogen and oxygen atoms in total. The lowest BCUT2D eigenvalue weighted by atomic mass is 9.65. The summed E-state index contributed by atoms with van der Waals surface area (Å²) in [5, 5.41) is 20.6. The summed E-state index contributed by atoms with van der Waals surface area (Å²) in [6, 6.07) is 1.79. The smallest absolute Gasteiger partial charge is 0.237 e. The summed E-state index contributed by atoms with van der Waals surface area (Å²) in [7, 11) is 3.08. The van der Waals surface area contributed by atoms with Crippen molar-refractivity contribution in [3.8, 4) is 17.2 Å². The SMILES string of the molecule is COc1c(O)cc2c3c1O[C@@]1(OC)C[C@@]3(CC2)CC[C@@H]1O. The number of methoxy groups -OCH3 is 2. The number of phenols is 1. The van der Waals surface area contributed by atoms with E-state index in [-0.39, 0.29) is 11.2 Å². The predicted octanol–water partition coefficient (Wildman–Crippen LogP) is 1.86. The van der Waals surface area contributed by atoms with Gasteiger partial charge in [-0.25, -0.2) is 0 Å². The Morgan fingerprint density at radius 1 is 1.33 bits per heavy atom. The summed E-state index contributed by atoms with van der Waals surface area (Å²) in [6.07, 6.45) is 3.48. The maximum absolute atomic E-state index is 10.4. The lowest BCUT2D eigenvalue weighted by Gasteiger charge is -2.52. The zero-order valence-corrected chi connectivity index (χ0v) is 12.3. The number of aliphatic hydroxyl groups is 1. The molecule has 5 heteroatoms. The third-order valence-electron chi connectivity index (χ3n) is 5.51. The number of aromatic hydroxyl groups is 1. The Morgan fingerprint density at radius 3 is 2.86 bits per heavy atom. The first kappa shape index (κ1) is 13.2. The molecule has 0 saturated heterocycles. The molecule has 2 aliphatic carbocycles. The summed E-state index contributed by atoms with van der Waals surface area (Å²) in [5.74, 6) is -0.0513. The Bertz CT molecular complexity index is 613. The molecule has 0 aromatic heterocycles. The maximum Gasteiger partial charge on any atom is 0.237 e. The second-order valence-corrected chi connectivity index (χ2v) is 6.42. The molecule has 1 fully saturated rings. The molecule has 1 heterocycles. The van der Waals surface area contributed by atoms with Gasteiger partial charge in [-0.05, 0) is 37.3 Å². The molecule has 2 N–H and O–H groups in total. The molecule has 0 unspecified atom stereocenters. The Labute approximate surface area is 123 Å². The van der Waals surface area contributed by atoms with E-state index in [4.69, 9.17) is 14.2 Å². The molecule has 1 aliphatic heterocycles. The van der Waals surface area contributed by atoms with E-state index in [1.807, 2.05) is 0 Å². The van der Waals surface area contributed by atoms with Gasteiger partial charge in [-0.3, -0.25) is 0 Å². The summed E-state index contributed by atoms with van der Waals surface area (Å²) < 4.78 is 17.0. The van der Waals surface area contributed by atoms with Crippen LogP contribution in [0, 0.1) is 0 Å². The lowest BCUT2D eigenvalue weighted by molar-refractivity contribution is -0.260. The van der Waals surface area contributed by atoms with E-state index >= 15 is 0 Å². The van der Waals surface area contributed by atoms with Crippen molar-refractivity contribution in [1.29, 1.82) is 0 Å². The van der Waals surface area contributed by atoms with Crippen molar-refractivity contribution >= 4 is 0 Å². The van der Waals surface area contributed by atoms with E-state index in [1.165, 1.54) is 7.11 Å². The first-order chi connectivity index (χ1) is 10.1. The van der Waals surface area contributed by atoms with Crippen LogP contribution in [0.15, 0.2) is 6.07 Å². The molecule has 1 saturated carbocycles. The summed E-state index contributed by atoms with van der Waals surface area (Å²) >= 11 is 0. The van der Waals surface area contributed by atoms with Gasteiger partial charge in [0.2, 0.25) is 11.5 Å². The van der Waals surface area contributed by atoms with Gasteiger partial charge < -0.3 is 24.4 Å². The zero-order valence-electron chi connectivity index (χ0n) is 12.3. The van der Waals surface area contributed by atoms with Gasteiger partial charge in [-0.1, -0.05) is 0 Å². The van der Waals surface area contributed by atoms with E-state index in [2.05, 4.69) is 0 Å². The zero-order chi connectivity index (χ0) is 14.8. The van der Waals surface area contributed by atoms with Crippen molar-refractivity contribution in [2.24, 2.45) is 0 Å². The fraction of sp³-hybridized carbons (Fsp3) is 0.625. The minimum absolute atomic E-state index is 0.0286. The quantitative estimate of drug-likeness (QED) is 0.871. The highest BCUT2D eigenvalue weighted by Gasteiger charge is 2.60. The molecular formula is C16H20O5. The number of benzene rings is 1. The van der Waals surface area contributed by atoms with E-state index in [0.29, 0.717) is 24.3 Å². The van der Waals surface area contributed by atoms with Gasteiger partial charge in [0.25, 0.3) is 0 Å². The van der Waals surface area contributed by atoms with Crippen LogP contribution in [0.4, 0.5) is 0 Å². The highest BCUT2D eigenvalue weighted by atomic mass is 16.7. The number of rotatable bonds is 2. The number of hydrogen-bond acceptors (Lipinski definition) is 5. The Morgan fingerprint density at radius 2 is 2.14 bits per heavy atom. The van der Waals surface area contributed by atoms with Crippen LogP contribution >= 0.6 is 0 Å². The molecule has 3 atom stereocenters. The van der Waals surface area contributed by atoms with Crippen molar-refractivity contribution in [2.45, 2.75) is 49.4 Å². The lowest BCUT2D eigenvalue weighted by Crippen LogP contribution is -2.59. The number of aliphatic hydroxyl groups excluding tert-OH is 1. The standard InChI is InChI=1S/C16H20O5/c1-19-13-10(17)7-9-3-5-15-6-4-11(18)16(8-15,20-2)21-14(13)12(9)15/h7,11,17-18H,3-6,8H2,1-2H3/t11-,15+,16-/m0/s1. The normalized spacial score (nSPS) is 36.0. The predicted molar refractivity (Wildman–Crippen MR) is 74.9 cm³/mol. The van der Waals surface area contributed by atoms with Gasteiger partial charge in [0.05, 0.1) is 7.11 Å². The summed E-state index contributed by atoms with van der Waals surface area (Å²) in [6.45, 7) is 0. The first-order valence-corrected chi connectivity index (χ1v) is 7.41. The van der Waals surface area contributed by atoms with Crippen LogP contribution in [0.5, 0.6) is 17.2 Å². The van der Waals surface area contributed by atoms with Gasteiger partial charge in [0.15, 0.2) is 11.5 Å². The number of ether oxygens (including phenoxy) is 3. The van der Waals surface area contributed by atoms with E-state index in [0.717, 1.165) is 30.4 Å².